The molecule has 2 aliphatic rings. The Morgan fingerprint density at radius 2 is 1.64 bits per heavy atom. The van der Waals surface area contributed by atoms with Crippen LogP contribution < -0.4 is 10.2 Å². The highest BCUT2D eigenvalue weighted by Gasteiger charge is 2.51. The van der Waals surface area contributed by atoms with E-state index < -0.39 is 18.3 Å². The van der Waals surface area contributed by atoms with E-state index in [-0.39, 0.29) is 5.91 Å². The van der Waals surface area contributed by atoms with Gasteiger partial charge in [-0.25, -0.2) is 0 Å². The van der Waals surface area contributed by atoms with Crippen molar-refractivity contribution < 1.29 is 18.8 Å². The summed E-state index contributed by atoms with van der Waals surface area (Å²) in [6.45, 7) is 14.4. The first-order valence-electron chi connectivity index (χ1n) is 10.2. The van der Waals surface area contributed by atoms with Gasteiger partial charge in [-0.2, -0.15) is 0 Å². The number of likely N-dealkylation sites (tertiary alicyclic amines) is 1. The summed E-state index contributed by atoms with van der Waals surface area (Å²) in [6.07, 6.45) is 2.42. The quantitative estimate of drug-likeness (QED) is 0.745. The molecule has 5 nitrogen and oxygen atoms in total. The van der Waals surface area contributed by atoms with E-state index in [2.05, 4.69) is 13.8 Å². The predicted octanol–water partition coefficient (Wildman–Crippen LogP) is 3.19. The lowest BCUT2D eigenvalue weighted by atomic mass is 9.78. The van der Waals surface area contributed by atoms with E-state index in [9.17, 15) is 4.79 Å². The maximum Gasteiger partial charge on any atom is 0.494 e. The predicted molar refractivity (Wildman–Crippen MR) is 112 cm³/mol. The second-order valence-electron chi connectivity index (χ2n) is 9.88. The third kappa shape index (κ3) is 4.23. The molecule has 0 aliphatic carbocycles. The molecular formula is C22H34BNO4. The maximum absolute atomic E-state index is 12.9. The summed E-state index contributed by atoms with van der Waals surface area (Å²) in [5, 5.41) is 0. The van der Waals surface area contributed by atoms with Gasteiger partial charge in [-0.05, 0) is 57.5 Å². The van der Waals surface area contributed by atoms with Crippen LogP contribution in [0.25, 0.3) is 0 Å². The Hall–Kier alpha value is -1.53. The lowest BCUT2D eigenvalue weighted by molar-refractivity contribution is -0.132. The first-order chi connectivity index (χ1) is 12.9. The molecule has 2 saturated heterocycles. The highest BCUT2D eigenvalue weighted by Crippen LogP contribution is 2.37. The average molecular weight is 387 g/mol. The highest BCUT2D eigenvalue weighted by atomic mass is 16.7. The molecule has 6 heteroatoms. The Kier molecular flexibility index (Phi) is 5.58. The van der Waals surface area contributed by atoms with E-state index in [0.717, 1.165) is 42.7 Å². The molecule has 28 heavy (non-hydrogen) atoms. The van der Waals surface area contributed by atoms with Crippen LogP contribution in [0.4, 0.5) is 0 Å². The van der Waals surface area contributed by atoms with Crippen molar-refractivity contribution in [3.63, 3.8) is 0 Å². The molecule has 0 spiro atoms. The van der Waals surface area contributed by atoms with Gasteiger partial charge in [-0.1, -0.05) is 26.0 Å². The van der Waals surface area contributed by atoms with E-state index >= 15 is 0 Å². The highest BCUT2D eigenvalue weighted by molar-refractivity contribution is 6.62. The van der Waals surface area contributed by atoms with Crippen molar-refractivity contribution in [2.75, 3.05) is 20.2 Å². The van der Waals surface area contributed by atoms with Gasteiger partial charge < -0.3 is 18.9 Å². The van der Waals surface area contributed by atoms with Crippen molar-refractivity contribution in [3.8, 4) is 5.75 Å². The molecule has 3 rings (SSSR count). The number of nitrogens with zero attached hydrogens (tertiary/aromatic N) is 1. The molecule has 1 aromatic carbocycles. The molecule has 2 heterocycles. The summed E-state index contributed by atoms with van der Waals surface area (Å²) in [5.74, 6) is 0.880. The van der Waals surface area contributed by atoms with Crippen molar-refractivity contribution in [1.82, 2.24) is 4.90 Å². The lowest BCUT2D eigenvalue weighted by Crippen LogP contribution is -2.42. The lowest BCUT2D eigenvalue weighted by Gasteiger charge is -2.37. The van der Waals surface area contributed by atoms with Crippen LogP contribution in [-0.4, -0.2) is 49.3 Å². The molecule has 1 amide bonds. The van der Waals surface area contributed by atoms with E-state index in [1.807, 2.05) is 50.8 Å². The number of carbonyl (C=O) groups excluding carboxylic acids is 1. The molecule has 0 bridgehead atoms. The minimum absolute atomic E-state index is 0.153. The van der Waals surface area contributed by atoms with Crippen molar-refractivity contribution >= 4 is 18.5 Å². The first kappa shape index (κ1) is 21.2. The zero-order valence-corrected chi connectivity index (χ0v) is 18.4. The second-order valence-corrected chi connectivity index (χ2v) is 9.88. The Morgan fingerprint density at radius 3 is 2.18 bits per heavy atom. The summed E-state index contributed by atoms with van der Waals surface area (Å²) in [6, 6.07) is 5.85. The third-order valence-corrected chi connectivity index (χ3v) is 6.64. The zero-order valence-electron chi connectivity index (χ0n) is 18.4. The summed E-state index contributed by atoms with van der Waals surface area (Å²) in [5.41, 5.74) is 1.33. The number of methoxy groups -OCH3 is 1. The van der Waals surface area contributed by atoms with Gasteiger partial charge in [-0.15, -0.1) is 0 Å². The summed E-state index contributed by atoms with van der Waals surface area (Å²) in [7, 11) is 1.20. The number of amides is 1. The Labute approximate surface area is 169 Å². The largest absolute Gasteiger partial charge is 0.496 e. The molecule has 0 saturated carbocycles. The van der Waals surface area contributed by atoms with Crippen LogP contribution >= 0.6 is 0 Å². The fraction of sp³-hybridized carbons (Fsp3) is 0.682. The number of hydrogen-bond acceptors (Lipinski definition) is 4. The van der Waals surface area contributed by atoms with Crippen LogP contribution in [0.5, 0.6) is 5.75 Å². The summed E-state index contributed by atoms with van der Waals surface area (Å²) < 4.78 is 17.8. The van der Waals surface area contributed by atoms with Gasteiger partial charge in [0.25, 0.3) is 0 Å². The van der Waals surface area contributed by atoms with E-state index in [0.29, 0.717) is 11.8 Å². The van der Waals surface area contributed by atoms with Crippen LogP contribution in [0.2, 0.25) is 0 Å². The Morgan fingerprint density at radius 1 is 1.07 bits per heavy atom. The second kappa shape index (κ2) is 7.38. The molecule has 154 valence electrons. The van der Waals surface area contributed by atoms with Crippen molar-refractivity contribution in [1.29, 1.82) is 0 Å². The van der Waals surface area contributed by atoms with Gasteiger partial charge in [0.05, 0.1) is 24.7 Å². The Balaban J connectivity index is 1.76. The third-order valence-electron chi connectivity index (χ3n) is 6.64. The summed E-state index contributed by atoms with van der Waals surface area (Å²) >= 11 is 0. The fourth-order valence-corrected chi connectivity index (χ4v) is 3.70. The SMILES string of the molecule is COc1ccc(B2OC(C)(C)C(C)(C)O2)cc1CC(=O)N1CCC(C)(C)CC1. The number of carbonyl (C=O) groups is 1. The van der Waals surface area contributed by atoms with Crippen molar-refractivity contribution in [2.24, 2.45) is 5.41 Å². The van der Waals surface area contributed by atoms with E-state index in [1.54, 1.807) is 7.11 Å². The Bertz CT molecular complexity index is 718. The number of ether oxygens (including phenoxy) is 1. The number of piperidine rings is 1. The molecule has 0 aromatic heterocycles. The van der Waals surface area contributed by atoms with Crippen LogP contribution in [-0.2, 0) is 20.5 Å². The van der Waals surface area contributed by atoms with Crippen LogP contribution in [0.1, 0.15) is 59.9 Å². The minimum atomic E-state index is -0.444. The molecule has 1 aromatic rings. The molecule has 0 atom stereocenters. The smallest absolute Gasteiger partial charge is 0.494 e. The standard InChI is InChI=1S/C22H34BNO4/c1-20(2)10-12-24(13-11-20)19(25)15-16-14-17(8-9-18(16)26-7)23-27-21(3,4)22(5,6)28-23/h8-9,14H,10-13,15H2,1-7H3. The van der Waals surface area contributed by atoms with E-state index in [1.165, 1.54) is 0 Å². The van der Waals surface area contributed by atoms with Crippen molar-refractivity contribution in [3.05, 3.63) is 23.8 Å². The molecule has 0 unspecified atom stereocenters. The maximum atomic E-state index is 12.9. The minimum Gasteiger partial charge on any atom is -0.496 e. The average Bonchev–Trinajstić information content (AvgIpc) is 2.82. The number of rotatable bonds is 4. The van der Waals surface area contributed by atoms with Gasteiger partial charge in [-0.3, -0.25) is 4.79 Å². The van der Waals surface area contributed by atoms with Gasteiger partial charge in [0.15, 0.2) is 0 Å². The fourth-order valence-electron chi connectivity index (χ4n) is 3.70. The number of hydrogen-bond donors (Lipinski definition) is 0. The molecule has 2 aliphatic heterocycles. The van der Waals surface area contributed by atoms with E-state index in [4.69, 9.17) is 14.0 Å². The molecular weight excluding hydrogens is 353 g/mol. The number of benzene rings is 1. The molecule has 2 fully saturated rings. The van der Waals surface area contributed by atoms with Gasteiger partial charge >= 0.3 is 7.12 Å². The zero-order chi connectivity index (χ0) is 20.7. The van der Waals surface area contributed by atoms with Gasteiger partial charge in [0.2, 0.25) is 5.91 Å². The monoisotopic (exact) mass is 387 g/mol. The topological polar surface area (TPSA) is 48.0 Å². The van der Waals surface area contributed by atoms with Crippen molar-refractivity contribution in [2.45, 2.75) is 72.0 Å². The summed E-state index contributed by atoms with van der Waals surface area (Å²) in [4.78, 5) is 14.9. The molecule has 0 radical (unpaired) electrons. The van der Waals surface area contributed by atoms with Crippen LogP contribution in [0.3, 0.4) is 0 Å². The van der Waals surface area contributed by atoms with Crippen LogP contribution in [0.15, 0.2) is 18.2 Å². The molecule has 0 N–H and O–H groups in total. The van der Waals surface area contributed by atoms with Gasteiger partial charge in [0, 0.05) is 18.7 Å². The van der Waals surface area contributed by atoms with Gasteiger partial charge in [0.1, 0.15) is 5.75 Å². The van der Waals surface area contributed by atoms with Crippen LogP contribution in [0, 0.1) is 5.41 Å². The first-order valence-corrected chi connectivity index (χ1v) is 10.2. The normalized spacial score (nSPS) is 23.0.